The van der Waals surface area contributed by atoms with Crippen LogP contribution in [0.25, 0.3) is 0 Å². The molecular weight excluding hydrogens is 238 g/mol. The molecule has 0 atom stereocenters. The van der Waals surface area contributed by atoms with Crippen LogP contribution < -0.4 is 10.6 Å². The van der Waals surface area contributed by atoms with Crippen molar-refractivity contribution in [1.82, 2.24) is 15.6 Å². The molecule has 96 valence electrons. The van der Waals surface area contributed by atoms with Crippen molar-refractivity contribution >= 4 is 17.4 Å². The zero-order valence-corrected chi connectivity index (χ0v) is 11.1. The molecule has 0 fully saturated rings. The molecule has 1 rings (SSSR count). The number of aromatic nitrogens is 1. The lowest BCUT2D eigenvalue weighted by molar-refractivity contribution is 0.184. The molecule has 2 N–H and O–H groups in total. The molecule has 0 spiro atoms. The van der Waals surface area contributed by atoms with Gasteiger partial charge >= 0.3 is 6.03 Å². The number of hydrogen-bond acceptors (Lipinski definition) is 4. The van der Waals surface area contributed by atoms with Gasteiger partial charge < -0.3 is 15.4 Å². The fourth-order valence-electron chi connectivity index (χ4n) is 1.26. The van der Waals surface area contributed by atoms with Crippen LogP contribution in [0.4, 0.5) is 4.79 Å². The molecule has 1 heterocycles. The first-order valence-corrected chi connectivity index (χ1v) is 6.58. The molecule has 0 saturated heterocycles. The molecule has 1 aromatic rings. The van der Waals surface area contributed by atoms with E-state index in [4.69, 9.17) is 4.74 Å². The highest BCUT2D eigenvalue weighted by atomic mass is 32.1. The molecule has 0 aliphatic heterocycles. The Hall–Kier alpha value is -1.14. The van der Waals surface area contributed by atoms with Gasteiger partial charge in [0, 0.05) is 32.0 Å². The van der Waals surface area contributed by atoms with Gasteiger partial charge in [0.1, 0.15) is 5.01 Å². The number of methoxy groups -OCH3 is 1. The average Bonchev–Trinajstić information content (AvgIpc) is 2.75. The van der Waals surface area contributed by atoms with Crippen molar-refractivity contribution in [3.63, 3.8) is 0 Å². The Balaban J connectivity index is 2.19. The van der Waals surface area contributed by atoms with Crippen LogP contribution in [0, 0.1) is 0 Å². The largest absolute Gasteiger partial charge is 0.378 e. The topological polar surface area (TPSA) is 63.2 Å². The third kappa shape index (κ3) is 5.65. The van der Waals surface area contributed by atoms with Crippen LogP contribution in [0.2, 0.25) is 0 Å². The van der Waals surface area contributed by atoms with Crippen LogP contribution in [0.15, 0.2) is 5.38 Å². The summed E-state index contributed by atoms with van der Waals surface area (Å²) in [6.45, 7) is 3.88. The van der Waals surface area contributed by atoms with Crippen molar-refractivity contribution in [1.29, 1.82) is 0 Å². The second kappa shape index (κ2) is 8.03. The Kier molecular flexibility index (Phi) is 6.57. The number of ether oxygens (including phenoxy) is 1. The summed E-state index contributed by atoms with van der Waals surface area (Å²) in [6.07, 6.45) is 1.69. The van der Waals surface area contributed by atoms with Gasteiger partial charge in [-0.2, -0.15) is 0 Å². The maximum absolute atomic E-state index is 11.2. The Bertz CT molecular complexity index is 341. The fourth-order valence-corrected chi connectivity index (χ4v) is 2.06. The van der Waals surface area contributed by atoms with Gasteiger partial charge in [-0.3, -0.25) is 0 Å². The second-order valence-corrected chi connectivity index (χ2v) is 4.54. The molecule has 6 heteroatoms. The van der Waals surface area contributed by atoms with Crippen molar-refractivity contribution in [3.05, 3.63) is 16.1 Å². The van der Waals surface area contributed by atoms with Gasteiger partial charge in [0.2, 0.25) is 0 Å². The Labute approximate surface area is 106 Å². The summed E-state index contributed by atoms with van der Waals surface area (Å²) in [5.74, 6) is 0. The van der Waals surface area contributed by atoms with E-state index in [2.05, 4.69) is 15.6 Å². The number of rotatable bonds is 7. The number of amides is 2. The third-order valence-electron chi connectivity index (χ3n) is 2.07. The van der Waals surface area contributed by atoms with Crippen LogP contribution in [-0.2, 0) is 17.8 Å². The molecule has 0 unspecified atom stereocenters. The van der Waals surface area contributed by atoms with E-state index in [1.165, 1.54) is 0 Å². The number of carbonyl (C=O) groups is 1. The van der Waals surface area contributed by atoms with Gasteiger partial charge in [-0.15, -0.1) is 11.3 Å². The lowest BCUT2D eigenvalue weighted by Gasteiger charge is -2.05. The van der Waals surface area contributed by atoms with Gasteiger partial charge in [0.05, 0.1) is 12.3 Å². The highest BCUT2D eigenvalue weighted by Gasteiger charge is 2.02. The molecule has 5 nitrogen and oxygen atoms in total. The van der Waals surface area contributed by atoms with Crippen LogP contribution in [0.5, 0.6) is 0 Å². The van der Waals surface area contributed by atoms with E-state index in [0.717, 1.165) is 23.5 Å². The van der Waals surface area contributed by atoms with Gasteiger partial charge in [0.15, 0.2) is 0 Å². The summed E-state index contributed by atoms with van der Waals surface area (Å²) in [7, 11) is 1.65. The number of hydrogen-bond donors (Lipinski definition) is 2. The van der Waals surface area contributed by atoms with E-state index in [-0.39, 0.29) is 6.03 Å². The minimum atomic E-state index is -0.112. The number of thiazole rings is 1. The van der Waals surface area contributed by atoms with Crippen molar-refractivity contribution < 1.29 is 9.53 Å². The molecule has 0 aliphatic carbocycles. The number of nitrogens with zero attached hydrogens (tertiary/aromatic N) is 1. The fraction of sp³-hybridized carbons (Fsp3) is 0.636. The first-order chi connectivity index (χ1) is 8.26. The third-order valence-corrected chi connectivity index (χ3v) is 2.94. The van der Waals surface area contributed by atoms with E-state index in [1.807, 2.05) is 12.3 Å². The van der Waals surface area contributed by atoms with E-state index in [1.54, 1.807) is 18.4 Å². The number of nitrogens with one attached hydrogen (secondary N) is 2. The summed E-state index contributed by atoms with van der Waals surface area (Å²) in [5.41, 5.74) is 0.998. The van der Waals surface area contributed by atoms with Crippen molar-refractivity contribution in [2.75, 3.05) is 20.2 Å². The minimum absolute atomic E-state index is 0.112. The quantitative estimate of drug-likeness (QED) is 0.779. The highest BCUT2D eigenvalue weighted by molar-refractivity contribution is 7.09. The zero-order valence-electron chi connectivity index (χ0n) is 10.3. The first kappa shape index (κ1) is 13.9. The summed E-state index contributed by atoms with van der Waals surface area (Å²) < 4.78 is 5.00. The number of urea groups is 1. The standard InChI is InChI=1S/C11H19N3O2S/c1-3-5-12-11(15)13-6-4-9-8-17-10(14-9)7-16-2/h8H,3-7H2,1-2H3,(H2,12,13,15). The van der Waals surface area contributed by atoms with E-state index in [9.17, 15) is 4.79 Å². The molecule has 0 saturated carbocycles. The second-order valence-electron chi connectivity index (χ2n) is 3.60. The summed E-state index contributed by atoms with van der Waals surface area (Å²) >= 11 is 1.58. The van der Waals surface area contributed by atoms with Gasteiger partial charge in [-0.25, -0.2) is 9.78 Å². The SMILES string of the molecule is CCCNC(=O)NCCc1csc(COC)n1. The molecule has 2 amide bonds. The summed E-state index contributed by atoms with van der Waals surface area (Å²) in [4.78, 5) is 15.6. The maximum Gasteiger partial charge on any atom is 0.314 e. The lowest BCUT2D eigenvalue weighted by atomic mass is 10.3. The van der Waals surface area contributed by atoms with Gasteiger partial charge in [-0.1, -0.05) is 6.92 Å². The number of carbonyl (C=O) groups excluding carboxylic acids is 1. The average molecular weight is 257 g/mol. The van der Waals surface area contributed by atoms with Crippen molar-refractivity contribution in [2.45, 2.75) is 26.4 Å². The Morgan fingerprint density at radius 3 is 2.94 bits per heavy atom. The van der Waals surface area contributed by atoms with Crippen molar-refractivity contribution in [3.8, 4) is 0 Å². The molecule has 0 aliphatic rings. The summed E-state index contributed by atoms with van der Waals surface area (Å²) in [5, 5.41) is 8.52. The predicted molar refractivity (Wildman–Crippen MR) is 68.2 cm³/mol. The molecule has 0 radical (unpaired) electrons. The minimum Gasteiger partial charge on any atom is -0.378 e. The van der Waals surface area contributed by atoms with Crippen LogP contribution in [0.3, 0.4) is 0 Å². The Morgan fingerprint density at radius 1 is 1.47 bits per heavy atom. The van der Waals surface area contributed by atoms with E-state index < -0.39 is 0 Å². The van der Waals surface area contributed by atoms with E-state index >= 15 is 0 Å². The maximum atomic E-state index is 11.2. The zero-order chi connectivity index (χ0) is 12.5. The monoisotopic (exact) mass is 257 g/mol. The molecular formula is C11H19N3O2S. The normalized spacial score (nSPS) is 10.2. The molecule has 0 aromatic carbocycles. The van der Waals surface area contributed by atoms with Crippen LogP contribution in [-0.4, -0.2) is 31.2 Å². The van der Waals surface area contributed by atoms with Crippen LogP contribution >= 0.6 is 11.3 Å². The molecule has 1 aromatic heterocycles. The van der Waals surface area contributed by atoms with Gasteiger partial charge in [0.25, 0.3) is 0 Å². The lowest BCUT2D eigenvalue weighted by Crippen LogP contribution is -2.36. The first-order valence-electron chi connectivity index (χ1n) is 5.70. The van der Waals surface area contributed by atoms with E-state index in [0.29, 0.717) is 19.7 Å². The highest BCUT2D eigenvalue weighted by Crippen LogP contribution is 2.10. The molecule has 17 heavy (non-hydrogen) atoms. The Morgan fingerprint density at radius 2 is 2.24 bits per heavy atom. The smallest absolute Gasteiger partial charge is 0.314 e. The molecule has 0 bridgehead atoms. The van der Waals surface area contributed by atoms with Crippen LogP contribution in [0.1, 0.15) is 24.0 Å². The van der Waals surface area contributed by atoms with Crippen molar-refractivity contribution in [2.24, 2.45) is 0 Å². The predicted octanol–water partition coefficient (Wildman–Crippen LogP) is 1.54. The van der Waals surface area contributed by atoms with Gasteiger partial charge in [-0.05, 0) is 6.42 Å². The summed E-state index contributed by atoms with van der Waals surface area (Å²) in [6, 6.07) is -0.112.